The van der Waals surface area contributed by atoms with Crippen LogP contribution in [0.3, 0.4) is 0 Å². The number of rotatable bonds is 4. The van der Waals surface area contributed by atoms with Crippen LogP contribution in [-0.4, -0.2) is 31.8 Å². The third kappa shape index (κ3) is 2.11. The number of hydrogen-bond donors (Lipinski definition) is 1. The van der Waals surface area contributed by atoms with E-state index in [9.17, 15) is 5.11 Å². The number of ether oxygens (including phenoxy) is 1. The Hall–Kier alpha value is -1.82. The standard InChI is InChI=1S/C12H18N4O2/c1-8(2)16-11(10(18-4)7-13-16)12(17)9-5-6-15(3)14-9/h5-8,12,17H,1-4H3. The van der Waals surface area contributed by atoms with E-state index in [4.69, 9.17) is 4.74 Å². The largest absolute Gasteiger partial charge is 0.493 e. The first-order valence-corrected chi connectivity index (χ1v) is 5.83. The minimum atomic E-state index is -0.842. The highest BCUT2D eigenvalue weighted by Gasteiger charge is 2.24. The maximum absolute atomic E-state index is 10.4. The van der Waals surface area contributed by atoms with Crippen LogP contribution < -0.4 is 4.74 Å². The molecule has 0 radical (unpaired) electrons. The summed E-state index contributed by atoms with van der Waals surface area (Å²) >= 11 is 0. The summed E-state index contributed by atoms with van der Waals surface area (Å²) in [6.07, 6.45) is 2.56. The van der Waals surface area contributed by atoms with Crippen molar-refractivity contribution in [3.8, 4) is 5.75 Å². The molecule has 0 aromatic carbocycles. The van der Waals surface area contributed by atoms with Gasteiger partial charge >= 0.3 is 0 Å². The number of methoxy groups -OCH3 is 1. The molecule has 6 nitrogen and oxygen atoms in total. The lowest BCUT2D eigenvalue weighted by Gasteiger charge is -2.15. The van der Waals surface area contributed by atoms with Crippen molar-refractivity contribution in [2.24, 2.45) is 7.05 Å². The van der Waals surface area contributed by atoms with Gasteiger partial charge in [-0.05, 0) is 19.9 Å². The monoisotopic (exact) mass is 250 g/mol. The third-order valence-electron chi connectivity index (χ3n) is 2.78. The second-order valence-electron chi connectivity index (χ2n) is 4.45. The number of aryl methyl sites for hydroxylation is 1. The minimum absolute atomic E-state index is 0.141. The smallest absolute Gasteiger partial charge is 0.163 e. The van der Waals surface area contributed by atoms with Gasteiger partial charge in [-0.25, -0.2) is 0 Å². The van der Waals surface area contributed by atoms with E-state index in [1.165, 1.54) is 0 Å². The van der Waals surface area contributed by atoms with Crippen molar-refractivity contribution >= 4 is 0 Å². The van der Waals surface area contributed by atoms with Crippen LogP contribution in [0.5, 0.6) is 5.75 Å². The molecular weight excluding hydrogens is 232 g/mol. The first kappa shape index (κ1) is 12.6. The van der Waals surface area contributed by atoms with Crippen molar-refractivity contribution in [3.63, 3.8) is 0 Å². The molecule has 0 aliphatic carbocycles. The normalized spacial score (nSPS) is 13.0. The summed E-state index contributed by atoms with van der Waals surface area (Å²) < 4.78 is 8.65. The summed E-state index contributed by atoms with van der Waals surface area (Å²) in [6.45, 7) is 4.00. The Bertz CT molecular complexity index is 530. The van der Waals surface area contributed by atoms with Gasteiger partial charge in [-0.1, -0.05) is 0 Å². The predicted molar refractivity (Wildman–Crippen MR) is 66.4 cm³/mol. The summed E-state index contributed by atoms with van der Waals surface area (Å²) in [5.74, 6) is 0.571. The summed E-state index contributed by atoms with van der Waals surface area (Å²) in [4.78, 5) is 0. The van der Waals surface area contributed by atoms with E-state index in [0.717, 1.165) is 0 Å². The van der Waals surface area contributed by atoms with Crippen LogP contribution in [0, 0.1) is 0 Å². The number of nitrogens with zero attached hydrogens (tertiary/aromatic N) is 4. The zero-order chi connectivity index (χ0) is 13.3. The molecule has 0 bridgehead atoms. The van der Waals surface area contributed by atoms with Gasteiger partial charge in [0.15, 0.2) is 5.75 Å². The highest BCUT2D eigenvalue weighted by molar-refractivity contribution is 5.32. The molecule has 1 unspecified atom stereocenters. The molecule has 2 aromatic rings. The van der Waals surface area contributed by atoms with Crippen molar-refractivity contribution in [2.45, 2.75) is 26.0 Å². The van der Waals surface area contributed by atoms with Crippen molar-refractivity contribution in [2.75, 3.05) is 7.11 Å². The van der Waals surface area contributed by atoms with Crippen LogP contribution in [0.4, 0.5) is 0 Å². The van der Waals surface area contributed by atoms with Gasteiger partial charge in [0.05, 0.1) is 19.0 Å². The Morgan fingerprint density at radius 2 is 2.11 bits per heavy atom. The number of hydrogen-bond acceptors (Lipinski definition) is 4. The number of aromatic nitrogens is 4. The molecule has 0 saturated carbocycles. The summed E-state index contributed by atoms with van der Waals surface area (Å²) in [6, 6.07) is 1.92. The lowest BCUT2D eigenvalue weighted by molar-refractivity contribution is 0.194. The van der Waals surface area contributed by atoms with Gasteiger partial charge in [-0.3, -0.25) is 9.36 Å². The van der Waals surface area contributed by atoms with Gasteiger partial charge in [0.1, 0.15) is 11.8 Å². The van der Waals surface area contributed by atoms with Crippen molar-refractivity contribution in [1.29, 1.82) is 0 Å². The number of aliphatic hydroxyl groups excluding tert-OH is 1. The quantitative estimate of drug-likeness (QED) is 0.888. The zero-order valence-electron chi connectivity index (χ0n) is 11.0. The molecule has 2 heterocycles. The van der Waals surface area contributed by atoms with E-state index in [0.29, 0.717) is 17.1 Å². The molecule has 0 amide bonds. The molecular formula is C12H18N4O2. The topological polar surface area (TPSA) is 65.1 Å². The Morgan fingerprint density at radius 3 is 2.61 bits per heavy atom. The van der Waals surface area contributed by atoms with E-state index in [1.54, 1.807) is 34.9 Å². The maximum Gasteiger partial charge on any atom is 0.163 e. The molecule has 2 aromatic heterocycles. The predicted octanol–water partition coefficient (Wildman–Crippen LogP) is 1.29. The van der Waals surface area contributed by atoms with E-state index in [2.05, 4.69) is 10.2 Å². The van der Waals surface area contributed by atoms with E-state index >= 15 is 0 Å². The molecule has 1 atom stereocenters. The van der Waals surface area contributed by atoms with E-state index in [1.807, 2.05) is 20.9 Å². The van der Waals surface area contributed by atoms with Gasteiger partial charge in [-0.2, -0.15) is 10.2 Å². The molecule has 98 valence electrons. The zero-order valence-corrected chi connectivity index (χ0v) is 11.0. The first-order valence-electron chi connectivity index (χ1n) is 5.83. The average Bonchev–Trinajstić information content (AvgIpc) is 2.93. The lowest BCUT2D eigenvalue weighted by Crippen LogP contribution is -2.13. The SMILES string of the molecule is COc1cnn(C(C)C)c1C(O)c1ccn(C)n1. The fraction of sp³-hybridized carbons (Fsp3) is 0.500. The Kier molecular flexibility index (Phi) is 3.38. The van der Waals surface area contributed by atoms with Crippen LogP contribution in [0.2, 0.25) is 0 Å². The van der Waals surface area contributed by atoms with Gasteiger partial charge in [-0.15, -0.1) is 0 Å². The van der Waals surface area contributed by atoms with Gasteiger partial charge < -0.3 is 9.84 Å². The molecule has 2 rings (SSSR count). The highest BCUT2D eigenvalue weighted by atomic mass is 16.5. The van der Waals surface area contributed by atoms with Crippen molar-refractivity contribution in [1.82, 2.24) is 19.6 Å². The Morgan fingerprint density at radius 1 is 1.39 bits per heavy atom. The summed E-state index contributed by atoms with van der Waals surface area (Å²) in [5, 5.41) is 18.9. The lowest BCUT2D eigenvalue weighted by atomic mass is 10.1. The maximum atomic E-state index is 10.4. The van der Waals surface area contributed by atoms with Gasteiger partial charge in [0.25, 0.3) is 0 Å². The van der Waals surface area contributed by atoms with Crippen molar-refractivity contribution < 1.29 is 9.84 Å². The van der Waals surface area contributed by atoms with E-state index < -0.39 is 6.10 Å². The first-order chi connectivity index (χ1) is 8.54. The molecule has 1 N–H and O–H groups in total. The third-order valence-corrected chi connectivity index (χ3v) is 2.78. The highest BCUT2D eigenvalue weighted by Crippen LogP contribution is 2.30. The average molecular weight is 250 g/mol. The Labute approximate surface area is 106 Å². The summed E-state index contributed by atoms with van der Waals surface area (Å²) in [7, 11) is 3.38. The van der Waals surface area contributed by atoms with Crippen LogP contribution in [0.25, 0.3) is 0 Å². The second kappa shape index (κ2) is 4.81. The van der Waals surface area contributed by atoms with Crippen LogP contribution in [-0.2, 0) is 7.05 Å². The molecule has 0 spiro atoms. The van der Waals surface area contributed by atoms with E-state index in [-0.39, 0.29) is 6.04 Å². The van der Waals surface area contributed by atoms with Crippen molar-refractivity contribution in [3.05, 3.63) is 29.8 Å². The fourth-order valence-corrected chi connectivity index (χ4v) is 1.90. The molecule has 0 saturated heterocycles. The van der Waals surface area contributed by atoms with Gasteiger partial charge in [0.2, 0.25) is 0 Å². The number of aliphatic hydroxyl groups is 1. The Balaban J connectivity index is 2.45. The fourth-order valence-electron chi connectivity index (χ4n) is 1.90. The van der Waals surface area contributed by atoms with Crippen LogP contribution in [0.15, 0.2) is 18.5 Å². The molecule has 0 aliphatic heterocycles. The van der Waals surface area contributed by atoms with Crippen LogP contribution >= 0.6 is 0 Å². The molecule has 0 aliphatic rings. The molecule has 6 heteroatoms. The van der Waals surface area contributed by atoms with Crippen LogP contribution in [0.1, 0.15) is 37.4 Å². The minimum Gasteiger partial charge on any atom is -0.493 e. The second-order valence-corrected chi connectivity index (χ2v) is 4.45. The molecule has 0 fully saturated rings. The van der Waals surface area contributed by atoms with Gasteiger partial charge in [0, 0.05) is 19.3 Å². The summed E-state index contributed by atoms with van der Waals surface area (Å²) in [5.41, 5.74) is 1.21. The molecule has 18 heavy (non-hydrogen) atoms.